The maximum absolute atomic E-state index is 4.64. The molecule has 0 aliphatic carbocycles. The molecule has 0 N–H and O–H groups in total. The number of anilines is 1. The fourth-order valence-electron chi connectivity index (χ4n) is 3.09. The minimum Gasteiger partial charge on any atom is -0.364 e. The smallest absolute Gasteiger partial charge is 0.0998 e. The first-order chi connectivity index (χ1) is 11.2. The Kier molecular flexibility index (Phi) is 3.33. The molecule has 5 nitrogen and oxygen atoms in total. The number of hydrogen-bond donors (Lipinski definition) is 0. The molecule has 4 rings (SSSR count). The second kappa shape index (κ2) is 5.50. The average molecular weight is 305 g/mol. The molecule has 0 radical (unpaired) electrons. The van der Waals surface area contributed by atoms with E-state index in [0.717, 1.165) is 36.6 Å². The van der Waals surface area contributed by atoms with Gasteiger partial charge in [0, 0.05) is 24.3 Å². The van der Waals surface area contributed by atoms with Crippen LogP contribution < -0.4 is 4.90 Å². The van der Waals surface area contributed by atoms with Gasteiger partial charge in [0.15, 0.2) is 0 Å². The Labute approximate surface area is 135 Å². The molecule has 1 aromatic carbocycles. The summed E-state index contributed by atoms with van der Waals surface area (Å²) in [6.07, 6.45) is 4.74. The molecule has 0 spiro atoms. The summed E-state index contributed by atoms with van der Waals surface area (Å²) in [5.74, 6) is 0. The van der Waals surface area contributed by atoms with Crippen LogP contribution in [0.25, 0.3) is 5.69 Å². The van der Waals surface area contributed by atoms with Crippen LogP contribution in [-0.2, 0) is 13.0 Å². The van der Waals surface area contributed by atoms with Gasteiger partial charge in [-0.25, -0.2) is 4.98 Å². The summed E-state index contributed by atoms with van der Waals surface area (Å²) in [5, 5.41) is 8.09. The molecule has 0 atom stereocenters. The highest BCUT2D eigenvalue weighted by molar-refractivity contribution is 5.48. The van der Waals surface area contributed by atoms with Crippen molar-refractivity contribution in [3.63, 3.8) is 0 Å². The molecule has 1 aliphatic rings. The van der Waals surface area contributed by atoms with Gasteiger partial charge in [-0.15, -0.1) is 0 Å². The normalized spacial score (nSPS) is 13.9. The summed E-state index contributed by atoms with van der Waals surface area (Å²) in [7, 11) is 0. The first kappa shape index (κ1) is 13.9. The summed E-state index contributed by atoms with van der Waals surface area (Å²) in [5.41, 5.74) is 6.97. The van der Waals surface area contributed by atoms with Gasteiger partial charge in [-0.1, -0.05) is 17.7 Å². The number of hydrogen-bond acceptors (Lipinski definition) is 4. The van der Waals surface area contributed by atoms with E-state index in [9.17, 15) is 0 Å². The standard InChI is InChI=1S/C18H19N5/c1-13-3-5-15(6-4-13)23-12-19-17-11-22(8-7-18(17)23)16-9-14(2)21-20-10-16/h3-6,9-10,12H,7-8,11H2,1-2H3. The molecule has 0 bridgehead atoms. The number of aromatic nitrogens is 4. The summed E-state index contributed by atoms with van der Waals surface area (Å²) in [4.78, 5) is 6.95. The lowest BCUT2D eigenvalue weighted by Gasteiger charge is -2.28. The summed E-state index contributed by atoms with van der Waals surface area (Å²) in [6.45, 7) is 5.86. The number of aryl methyl sites for hydroxylation is 2. The molecule has 23 heavy (non-hydrogen) atoms. The zero-order valence-corrected chi connectivity index (χ0v) is 13.4. The third-order valence-corrected chi connectivity index (χ3v) is 4.35. The van der Waals surface area contributed by atoms with Gasteiger partial charge >= 0.3 is 0 Å². The van der Waals surface area contributed by atoms with Crippen LogP contribution in [0.1, 0.15) is 22.6 Å². The van der Waals surface area contributed by atoms with E-state index in [2.05, 4.69) is 61.9 Å². The van der Waals surface area contributed by atoms with E-state index in [-0.39, 0.29) is 0 Å². The van der Waals surface area contributed by atoms with E-state index in [1.807, 2.05) is 19.4 Å². The quantitative estimate of drug-likeness (QED) is 0.730. The summed E-state index contributed by atoms with van der Waals surface area (Å²) >= 11 is 0. The van der Waals surface area contributed by atoms with Gasteiger partial charge in [-0.3, -0.25) is 0 Å². The SMILES string of the molecule is Cc1ccc(-n2cnc3c2CCN(c2cnnc(C)c2)C3)cc1. The Balaban J connectivity index is 1.63. The maximum atomic E-state index is 4.64. The van der Waals surface area contributed by atoms with Gasteiger partial charge in [-0.2, -0.15) is 10.2 Å². The molecule has 116 valence electrons. The number of nitrogens with zero attached hydrogens (tertiary/aromatic N) is 5. The van der Waals surface area contributed by atoms with Crippen molar-refractivity contribution in [2.24, 2.45) is 0 Å². The lowest BCUT2D eigenvalue weighted by Crippen LogP contribution is -2.31. The van der Waals surface area contributed by atoms with Crippen LogP contribution >= 0.6 is 0 Å². The van der Waals surface area contributed by atoms with Crippen molar-refractivity contribution in [2.75, 3.05) is 11.4 Å². The van der Waals surface area contributed by atoms with Gasteiger partial charge in [-0.05, 0) is 32.0 Å². The van der Waals surface area contributed by atoms with Crippen molar-refractivity contribution in [2.45, 2.75) is 26.8 Å². The van der Waals surface area contributed by atoms with Crippen LogP contribution in [0.3, 0.4) is 0 Å². The highest BCUT2D eigenvalue weighted by Crippen LogP contribution is 2.25. The number of imidazole rings is 1. The minimum absolute atomic E-state index is 0.819. The molecular formula is C18H19N5. The van der Waals surface area contributed by atoms with E-state index < -0.39 is 0 Å². The lowest BCUT2D eigenvalue weighted by molar-refractivity contribution is 0.695. The predicted octanol–water partition coefficient (Wildman–Crippen LogP) is 2.84. The van der Waals surface area contributed by atoms with Crippen LogP contribution in [0.5, 0.6) is 0 Å². The predicted molar refractivity (Wildman–Crippen MR) is 89.8 cm³/mol. The first-order valence-corrected chi connectivity index (χ1v) is 7.87. The first-order valence-electron chi connectivity index (χ1n) is 7.87. The van der Waals surface area contributed by atoms with Gasteiger partial charge in [0.1, 0.15) is 0 Å². The third kappa shape index (κ3) is 2.59. The molecule has 0 amide bonds. The van der Waals surface area contributed by atoms with Crippen LogP contribution in [0.2, 0.25) is 0 Å². The molecule has 1 aliphatic heterocycles. The largest absolute Gasteiger partial charge is 0.364 e. The van der Waals surface area contributed by atoms with E-state index >= 15 is 0 Å². The second-order valence-electron chi connectivity index (χ2n) is 6.07. The summed E-state index contributed by atoms with van der Waals surface area (Å²) in [6, 6.07) is 10.7. The van der Waals surface area contributed by atoms with E-state index in [1.54, 1.807) is 0 Å². The van der Waals surface area contributed by atoms with Crippen LogP contribution in [0.15, 0.2) is 42.9 Å². The molecule has 3 aromatic rings. The fourth-order valence-corrected chi connectivity index (χ4v) is 3.09. The van der Waals surface area contributed by atoms with Crippen molar-refractivity contribution in [1.29, 1.82) is 0 Å². The Morgan fingerprint density at radius 1 is 1.04 bits per heavy atom. The van der Waals surface area contributed by atoms with Gasteiger partial charge < -0.3 is 9.47 Å². The third-order valence-electron chi connectivity index (χ3n) is 4.35. The average Bonchev–Trinajstić information content (AvgIpc) is 2.99. The summed E-state index contributed by atoms with van der Waals surface area (Å²) < 4.78 is 2.21. The second-order valence-corrected chi connectivity index (χ2v) is 6.07. The van der Waals surface area contributed by atoms with Crippen LogP contribution in [0, 0.1) is 13.8 Å². The van der Waals surface area contributed by atoms with Crippen molar-refractivity contribution >= 4 is 5.69 Å². The molecular weight excluding hydrogens is 286 g/mol. The fraction of sp³-hybridized carbons (Fsp3) is 0.278. The monoisotopic (exact) mass is 305 g/mol. The topological polar surface area (TPSA) is 46.8 Å². The number of rotatable bonds is 2. The lowest BCUT2D eigenvalue weighted by atomic mass is 10.1. The zero-order valence-electron chi connectivity index (χ0n) is 13.4. The van der Waals surface area contributed by atoms with Crippen LogP contribution in [-0.4, -0.2) is 26.3 Å². The van der Waals surface area contributed by atoms with Gasteiger partial charge in [0.05, 0.1) is 36.1 Å². The Hall–Kier alpha value is -2.69. The minimum atomic E-state index is 0.819. The molecule has 3 heterocycles. The van der Waals surface area contributed by atoms with Crippen molar-refractivity contribution in [3.05, 3.63) is 65.5 Å². The van der Waals surface area contributed by atoms with E-state index in [0.29, 0.717) is 0 Å². The van der Waals surface area contributed by atoms with Crippen molar-refractivity contribution < 1.29 is 0 Å². The zero-order chi connectivity index (χ0) is 15.8. The van der Waals surface area contributed by atoms with Crippen molar-refractivity contribution in [1.82, 2.24) is 19.7 Å². The van der Waals surface area contributed by atoms with Crippen LogP contribution in [0.4, 0.5) is 5.69 Å². The molecule has 0 unspecified atom stereocenters. The Morgan fingerprint density at radius 2 is 1.87 bits per heavy atom. The highest BCUT2D eigenvalue weighted by atomic mass is 15.2. The Morgan fingerprint density at radius 3 is 2.65 bits per heavy atom. The van der Waals surface area contributed by atoms with Gasteiger partial charge in [0.25, 0.3) is 0 Å². The Bertz CT molecular complexity index is 835. The van der Waals surface area contributed by atoms with Gasteiger partial charge in [0.2, 0.25) is 0 Å². The molecule has 2 aromatic heterocycles. The number of benzene rings is 1. The van der Waals surface area contributed by atoms with E-state index in [4.69, 9.17) is 0 Å². The van der Waals surface area contributed by atoms with Crippen molar-refractivity contribution in [3.8, 4) is 5.69 Å². The molecule has 0 saturated carbocycles. The van der Waals surface area contributed by atoms with E-state index in [1.165, 1.54) is 16.9 Å². The maximum Gasteiger partial charge on any atom is 0.0998 e. The molecule has 0 saturated heterocycles. The molecule has 5 heteroatoms. The highest BCUT2D eigenvalue weighted by Gasteiger charge is 2.22. The number of fused-ring (bicyclic) bond motifs is 1. The molecule has 0 fully saturated rings.